The highest BCUT2D eigenvalue weighted by Gasteiger charge is 2.31. The highest BCUT2D eigenvalue weighted by molar-refractivity contribution is 7.89. The molecule has 12 heteroatoms. The van der Waals surface area contributed by atoms with Crippen LogP contribution in [0, 0.1) is 0 Å². The van der Waals surface area contributed by atoms with Crippen LogP contribution in [0.5, 0.6) is 5.75 Å². The van der Waals surface area contributed by atoms with Crippen LogP contribution in [0.4, 0.5) is 13.2 Å². The molecule has 1 aliphatic rings. The fourth-order valence-electron chi connectivity index (χ4n) is 3.30. The van der Waals surface area contributed by atoms with E-state index in [1.54, 1.807) is 18.2 Å². The van der Waals surface area contributed by atoms with Gasteiger partial charge in [-0.2, -0.15) is 0 Å². The number of hydrogen-bond acceptors (Lipinski definition) is 5. The lowest BCUT2D eigenvalue weighted by molar-refractivity contribution is -0.274. The van der Waals surface area contributed by atoms with E-state index in [4.69, 9.17) is 23.2 Å². The molecule has 3 rings (SSSR count). The summed E-state index contributed by atoms with van der Waals surface area (Å²) in [6.07, 6.45) is -4.86. The number of piperazine rings is 1. The molecule has 1 N–H and O–H groups in total. The first-order valence-electron chi connectivity index (χ1n) is 9.67. The van der Waals surface area contributed by atoms with Gasteiger partial charge in [0, 0.05) is 32.7 Å². The van der Waals surface area contributed by atoms with Gasteiger partial charge in [-0.05, 0) is 49.0 Å². The molecular formula is C20H22Cl2F3N3O3S. The van der Waals surface area contributed by atoms with E-state index in [2.05, 4.69) is 19.3 Å². The van der Waals surface area contributed by atoms with Gasteiger partial charge in [-0.1, -0.05) is 29.3 Å². The quantitative estimate of drug-likeness (QED) is 0.604. The molecule has 1 heterocycles. The standard InChI is InChI=1S/C20H22Cl2F3N3O3S/c1-27-8-10-28(11-9-27)13-19(14-2-7-17(21)18(22)12-14)26-32(29,30)16-5-3-15(4-6-16)31-20(23,24)25/h2-7,12,19,26H,8-11,13H2,1H3/t19-/m1/s1. The van der Waals surface area contributed by atoms with Crippen LogP contribution in [0.15, 0.2) is 47.4 Å². The number of nitrogens with zero attached hydrogens (tertiary/aromatic N) is 2. The van der Waals surface area contributed by atoms with Crippen molar-refractivity contribution >= 4 is 33.2 Å². The Bertz CT molecular complexity index is 1030. The zero-order chi connectivity index (χ0) is 23.5. The van der Waals surface area contributed by atoms with Crippen molar-refractivity contribution in [1.29, 1.82) is 0 Å². The van der Waals surface area contributed by atoms with Crippen molar-refractivity contribution in [3.05, 3.63) is 58.1 Å². The van der Waals surface area contributed by atoms with Crippen molar-refractivity contribution in [2.45, 2.75) is 17.3 Å². The maximum atomic E-state index is 13.0. The van der Waals surface area contributed by atoms with Gasteiger partial charge in [0.2, 0.25) is 10.0 Å². The number of alkyl halides is 3. The van der Waals surface area contributed by atoms with Crippen molar-refractivity contribution in [2.24, 2.45) is 0 Å². The van der Waals surface area contributed by atoms with Crippen molar-refractivity contribution in [3.8, 4) is 5.75 Å². The van der Waals surface area contributed by atoms with Gasteiger partial charge in [-0.25, -0.2) is 13.1 Å². The number of sulfonamides is 1. The summed E-state index contributed by atoms with van der Waals surface area (Å²) in [5, 5.41) is 0.636. The lowest BCUT2D eigenvalue weighted by Gasteiger charge is -2.35. The molecule has 0 unspecified atom stereocenters. The molecule has 0 aliphatic carbocycles. The van der Waals surface area contributed by atoms with Gasteiger partial charge in [0.25, 0.3) is 0 Å². The second kappa shape index (κ2) is 10.1. The average molecular weight is 512 g/mol. The average Bonchev–Trinajstić information content (AvgIpc) is 2.70. The van der Waals surface area contributed by atoms with E-state index in [0.717, 1.165) is 50.4 Å². The summed E-state index contributed by atoms with van der Waals surface area (Å²) < 4.78 is 69.5. The van der Waals surface area contributed by atoms with Crippen LogP contribution in [0.25, 0.3) is 0 Å². The van der Waals surface area contributed by atoms with E-state index in [9.17, 15) is 21.6 Å². The van der Waals surface area contributed by atoms with Crippen LogP contribution in [0.1, 0.15) is 11.6 Å². The van der Waals surface area contributed by atoms with E-state index in [1.807, 2.05) is 7.05 Å². The van der Waals surface area contributed by atoms with Gasteiger partial charge < -0.3 is 9.64 Å². The number of rotatable bonds is 7. The molecule has 32 heavy (non-hydrogen) atoms. The summed E-state index contributed by atoms with van der Waals surface area (Å²) >= 11 is 12.1. The monoisotopic (exact) mass is 511 g/mol. The third kappa shape index (κ3) is 6.97. The summed E-state index contributed by atoms with van der Waals surface area (Å²) in [5.41, 5.74) is 0.624. The first-order chi connectivity index (χ1) is 14.9. The molecule has 0 radical (unpaired) electrons. The van der Waals surface area contributed by atoms with Crippen molar-refractivity contribution in [3.63, 3.8) is 0 Å². The van der Waals surface area contributed by atoms with E-state index in [0.29, 0.717) is 22.2 Å². The number of ether oxygens (including phenoxy) is 1. The summed E-state index contributed by atoms with van der Waals surface area (Å²) in [6.45, 7) is 3.61. The first kappa shape index (κ1) is 25.1. The molecule has 1 aliphatic heterocycles. The van der Waals surface area contributed by atoms with Crippen LogP contribution in [-0.2, 0) is 10.0 Å². The molecule has 1 saturated heterocycles. The van der Waals surface area contributed by atoms with E-state index in [-0.39, 0.29) is 4.90 Å². The summed E-state index contributed by atoms with van der Waals surface area (Å²) in [4.78, 5) is 4.13. The minimum absolute atomic E-state index is 0.185. The van der Waals surface area contributed by atoms with E-state index >= 15 is 0 Å². The normalized spacial score (nSPS) is 17.3. The van der Waals surface area contributed by atoms with Crippen LogP contribution in [0.2, 0.25) is 10.0 Å². The molecule has 0 bridgehead atoms. The van der Waals surface area contributed by atoms with Crippen LogP contribution >= 0.6 is 23.2 Å². The van der Waals surface area contributed by atoms with Crippen LogP contribution < -0.4 is 9.46 Å². The topological polar surface area (TPSA) is 61.9 Å². The largest absolute Gasteiger partial charge is 0.573 e. The SMILES string of the molecule is CN1CCN(C[C@@H](NS(=O)(=O)c2ccc(OC(F)(F)F)cc2)c2ccc(Cl)c(Cl)c2)CC1. The second-order valence-electron chi connectivity index (χ2n) is 7.47. The zero-order valence-corrected chi connectivity index (χ0v) is 19.4. The lowest BCUT2D eigenvalue weighted by Crippen LogP contribution is -2.47. The Balaban J connectivity index is 1.83. The molecule has 0 spiro atoms. The molecule has 2 aromatic rings. The Kier molecular flexibility index (Phi) is 7.95. The molecular weight excluding hydrogens is 490 g/mol. The predicted octanol–water partition coefficient (Wildman–Crippen LogP) is 4.16. The molecule has 0 saturated carbocycles. The minimum atomic E-state index is -4.86. The molecule has 0 amide bonds. The summed E-state index contributed by atoms with van der Waals surface area (Å²) in [6, 6.07) is 8.27. The smallest absolute Gasteiger partial charge is 0.406 e. The van der Waals surface area contributed by atoms with Crippen molar-refractivity contribution in [2.75, 3.05) is 39.8 Å². The first-order valence-corrected chi connectivity index (χ1v) is 11.9. The van der Waals surface area contributed by atoms with Gasteiger partial charge in [0.05, 0.1) is 21.0 Å². The molecule has 0 aromatic heterocycles. The third-order valence-corrected chi connectivity index (χ3v) is 7.27. The highest BCUT2D eigenvalue weighted by atomic mass is 35.5. The van der Waals surface area contributed by atoms with Crippen molar-refractivity contribution < 1.29 is 26.3 Å². The Labute approximate surface area is 194 Å². The Morgan fingerprint density at radius 3 is 2.22 bits per heavy atom. The Morgan fingerprint density at radius 1 is 1.03 bits per heavy atom. The van der Waals surface area contributed by atoms with Crippen LogP contribution in [-0.4, -0.2) is 64.4 Å². The van der Waals surface area contributed by atoms with E-state index < -0.39 is 28.2 Å². The highest BCUT2D eigenvalue weighted by Crippen LogP contribution is 2.28. The molecule has 1 atom stereocenters. The maximum Gasteiger partial charge on any atom is 0.573 e. The van der Waals surface area contributed by atoms with E-state index in [1.165, 1.54) is 0 Å². The fourth-order valence-corrected chi connectivity index (χ4v) is 4.83. The number of halogens is 5. The summed E-state index contributed by atoms with van der Waals surface area (Å²) in [7, 11) is -2.04. The van der Waals surface area contributed by atoms with Gasteiger partial charge in [-0.3, -0.25) is 4.90 Å². The fraction of sp³-hybridized carbons (Fsp3) is 0.400. The van der Waals surface area contributed by atoms with Gasteiger partial charge in [0.1, 0.15) is 5.75 Å². The number of likely N-dealkylation sites (N-methyl/N-ethyl adjacent to an activating group) is 1. The lowest BCUT2D eigenvalue weighted by atomic mass is 10.1. The predicted molar refractivity (Wildman–Crippen MR) is 117 cm³/mol. The number of hydrogen-bond donors (Lipinski definition) is 1. The number of nitrogens with one attached hydrogen (secondary N) is 1. The minimum Gasteiger partial charge on any atom is -0.406 e. The van der Waals surface area contributed by atoms with Crippen molar-refractivity contribution in [1.82, 2.24) is 14.5 Å². The third-order valence-electron chi connectivity index (χ3n) is 5.05. The number of benzene rings is 2. The molecule has 176 valence electrons. The zero-order valence-electron chi connectivity index (χ0n) is 17.1. The van der Waals surface area contributed by atoms with Gasteiger partial charge in [0.15, 0.2) is 0 Å². The maximum absolute atomic E-state index is 13.0. The molecule has 1 fully saturated rings. The molecule has 2 aromatic carbocycles. The van der Waals surface area contributed by atoms with Gasteiger partial charge in [-0.15, -0.1) is 13.2 Å². The second-order valence-corrected chi connectivity index (χ2v) is 10.00. The summed E-state index contributed by atoms with van der Waals surface area (Å²) in [5.74, 6) is -0.505. The Morgan fingerprint density at radius 2 is 1.66 bits per heavy atom. The van der Waals surface area contributed by atoms with Crippen LogP contribution in [0.3, 0.4) is 0 Å². The Hall–Kier alpha value is -1.56. The molecule has 6 nitrogen and oxygen atoms in total. The van der Waals surface area contributed by atoms with Gasteiger partial charge >= 0.3 is 6.36 Å².